The van der Waals surface area contributed by atoms with E-state index in [1.54, 1.807) is 6.92 Å². The van der Waals surface area contributed by atoms with Crippen molar-refractivity contribution in [3.05, 3.63) is 0 Å². The van der Waals surface area contributed by atoms with Gasteiger partial charge in [0.05, 0.1) is 0 Å². The van der Waals surface area contributed by atoms with Gasteiger partial charge in [0, 0.05) is 23.2 Å². The van der Waals surface area contributed by atoms with Gasteiger partial charge >= 0.3 is 0 Å². The average Bonchev–Trinajstić information content (AvgIpc) is 2.45. The smallest absolute Gasteiger partial charge is 0.185 e. The molecule has 0 amide bonds. The molecular weight excluding hydrogens is 152 g/mol. The summed E-state index contributed by atoms with van der Waals surface area (Å²) >= 11 is 3.38. The summed E-state index contributed by atoms with van der Waals surface area (Å²) in [4.78, 5) is 10.5. The fourth-order valence-corrected chi connectivity index (χ4v) is 2.06. The highest BCUT2D eigenvalue weighted by Crippen LogP contribution is 2.46. The van der Waals surface area contributed by atoms with Crippen LogP contribution in [0, 0.1) is 0 Å². The van der Waals surface area contributed by atoms with E-state index in [9.17, 15) is 4.79 Å². The van der Waals surface area contributed by atoms with E-state index < -0.39 is 0 Å². The second-order valence-electron chi connectivity index (χ2n) is 2.52. The van der Waals surface area contributed by atoms with Crippen LogP contribution in [0.3, 0.4) is 0 Å². The first-order valence-corrected chi connectivity index (χ1v) is 4.87. The highest BCUT2D eigenvalue weighted by molar-refractivity contribution is 8.15. The lowest BCUT2D eigenvalue weighted by molar-refractivity contribution is -0.109. The zero-order valence-corrected chi connectivity index (χ0v) is 7.27. The molecular formula is C6H10OS2. The molecule has 1 atom stereocenters. The van der Waals surface area contributed by atoms with E-state index in [4.69, 9.17) is 0 Å². The van der Waals surface area contributed by atoms with E-state index in [0.29, 0.717) is 4.75 Å². The van der Waals surface area contributed by atoms with Crippen molar-refractivity contribution in [1.82, 2.24) is 0 Å². The summed E-state index contributed by atoms with van der Waals surface area (Å²) in [6, 6.07) is 0. The molecule has 1 aliphatic heterocycles. The quantitative estimate of drug-likeness (QED) is 0.576. The van der Waals surface area contributed by atoms with E-state index >= 15 is 0 Å². The topological polar surface area (TPSA) is 17.1 Å². The van der Waals surface area contributed by atoms with Gasteiger partial charge in [-0.05, 0) is 6.92 Å². The van der Waals surface area contributed by atoms with Crippen LogP contribution in [-0.2, 0) is 4.79 Å². The van der Waals surface area contributed by atoms with Gasteiger partial charge in [0.25, 0.3) is 0 Å². The third-order valence-electron chi connectivity index (χ3n) is 1.22. The van der Waals surface area contributed by atoms with Gasteiger partial charge in [0.15, 0.2) is 5.12 Å². The predicted octanol–water partition coefficient (Wildman–Crippen LogP) is 1.77. The Labute approximate surface area is 64.0 Å². The number of carbonyl (C=O) groups excluding carboxylic acids is 1. The van der Waals surface area contributed by atoms with Crippen molar-refractivity contribution in [2.75, 3.05) is 11.5 Å². The molecule has 0 bridgehead atoms. The molecule has 0 spiro atoms. The Bertz CT molecular complexity index is 129. The standard InChI is InChI=1S/C6H10OS2/c1-5(7)8-3-6(2)4-9-6/h3-4H2,1-2H3. The SMILES string of the molecule is CC(=O)SCC1(C)CS1. The van der Waals surface area contributed by atoms with Crippen molar-refractivity contribution in [3.63, 3.8) is 0 Å². The lowest BCUT2D eigenvalue weighted by Crippen LogP contribution is -2.06. The van der Waals surface area contributed by atoms with Crippen molar-refractivity contribution in [2.24, 2.45) is 0 Å². The summed E-state index contributed by atoms with van der Waals surface area (Å²) < 4.78 is 0.441. The summed E-state index contributed by atoms with van der Waals surface area (Å²) in [5.74, 6) is 2.22. The van der Waals surface area contributed by atoms with Crippen LogP contribution < -0.4 is 0 Å². The van der Waals surface area contributed by atoms with Crippen LogP contribution in [0.2, 0.25) is 0 Å². The van der Waals surface area contributed by atoms with Crippen LogP contribution in [0.15, 0.2) is 0 Å². The lowest BCUT2D eigenvalue weighted by Gasteiger charge is -2.00. The van der Waals surface area contributed by atoms with Crippen molar-refractivity contribution in [2.45, 2.75) is 18.6 Å². The lowest BCUT2D eigenvalue weighted by atomic mass is 10.3. The second-order valence-corrected chi connectivity index (χ2v) is 5.23. The summed E-state index contributed by atoms with van der Waals surface area (Å²) in [5, 5.41) is 0.240. The molecule has 0 aromatic carbocycles. The van der Waals surface area contributed by atoms with Gasteiger partial charge in [-0.1, -0.05) is 11.8 Å². The first-order chi connectivity index (χ1) is 4.12. The maximum absolute atomic E-state index is 10.5. The van der Waals surface area contributed by atoms with Crippen LogP contribution in [0.5, 0.6) is 0 Å². The Morgan fingerprint density at radius 1 is 1.89 bits per heavy atom. The molecule has 0 radical (unpaired) electrons. The maximum atomic E-state index is 10.5. The van der Waals surface area contributed by atoms with Crippen molar-refractivity contribution < 1.29 is 4.79 Å². The van der Waals surface area contributed by atoms with Crippen LogP contribution >= 0.6 is 23.5 Å². The monoisotopic (exact) mass is 162 g/mol. The van der Waals surface area contributed by atoms with E-state index in [1.807, 2.05) is 11.8 Å². The molecule has 52 valence electrons. The van der Waals surface area contributed by atoms with Gasteiger partial charge < -0.3 is 0 Å². The molecule has 0 aliphatic carbocycles. The Hall–Kier alpha value is 0.370. The Kier molecular flexibility index (Phi) is 2.11. The van der Waals surface area contributed by atoms with Gasteiger partial charge in [0.1, 0.15) is 0 Å². The largest absolute Gasteiger partial charge is 0.288 e. The summed E-state index contributed by atoms with van der Waals surface area (Å²) in [5.41, 5.74) is 0. The van der Waals surface area contributed by atoms with E-state index in [1.165, 1.54) is 17.5 Å². The van der Waals surface area contributed by atoms with E-state index in [0.717, 1.165) is 5.75 Å². The molecule has 3 heteroatoms. The van der Waals surface area contributed by atoms with E-state index in [2.05, 4.69) is 6.92 Å². The zero-order valence-electron chi connectivity index (χ0n) is 5.64. The van der Waals surface area contributed by atoms with Crippen molar-refractivity contribution in [3.8, 4) is 0 Å². The molecule has 1 rings (SSSR count). The molecule has 1 unspecified atom stereocenters. The molecule has 1 heterocycles. The molecule has 1 nitrogen and oxygen atoms in total. The minimum Gasteiger partial charge on any atom is -0.288 e. The summed E-state index contributed by atoms with van der Waals surface area (Å²) in [6.07, 6.45) is 0. The first-order valence-electron chi connectivity index (χ1n) is 2.90. The van der Waals surface area contributed by atoms with Gasteiger partial charge in [0.2, 0.25) is 0 Å². The van der Waals surface area contributed by atoms with Crippen molar-refractivity contribution in [1.29, 1.82) is 0 Å². The molecule has 0 aromatic heterocycles. The second kappa shape index (κ2) is 2.54. The highest BCUT2D eigenvalue weighted by atomic mass is 32.2. The molecule has 9 heavy (non-hydrogen) atoms. The fourth-order valence-electron chi connectivity index (χ4n) is 0.461. The number of thioether (sulfide) groups is 2. The summed E-state index contributed by atoms with van der Waals surface area (Å²) in [6.45, 7) is 3.83. The van der Waals surface area contributed by atoms with Crippen LogP contribution in [0.25, 0.3) is 0 Å². The minimum absolute atomic E-state index is 0.240. The van der Waals surface area contributed by atoms with Gasteiger partial charge in [-0.2, -0.15) is 11.8 Å². The summed E-state index contributed by atoms with van der Waals surface area (Å²) in [7, 11) is 0. The van der Waals surface area contributed by atoms with Gasteiger partial charge in [-0.15, -0.1) is 0 Å². The number of hydrogen-bond acceptors (Lipinski definition) is 3. The number of rotatable bonds is 2. The van der Waals surface area contributed by atoms with Gasteiger partial charge in [-0.25, -0.2) is 0 Å². The Balaban J connectivity index is 2.12. The number of hydrogen-bond donors (Lipinski definition) is 0. The molecule has 0 saturated carbocycles. The van der Waals surface area contributed by atoms with Crippen LogP contribution in [0.4, 0.5) is 0 Å². The highest BCUT2D eigenvalue weighted by Gasteiger charge is 2.38. The Morgan fingerprint density at radius 2 is 2.44 bits per heavy atom. The van der Waals surface area contributed by atoms with E-state index in [-0.39, 0.29) is 5.12 Å². The Morgan fingerprint density at radius 3 is 2.78 bits per heavy atom. The third-order valence-corrected chi connectivity index (χ3v) is 4.01. The average molecular weight is 162 g/mol. The molecule has 1 saturated heterocycles. The normalized spacial score (nSPS) is 32.2. The van der Waals surface area contributed by atoms with Gasteiger partial charge in [-0.3, -0.25) is 4.79 Å². The third kappa shape index (κ3) is 2.63. The maximum Gasteiger partial charge on any atom is 0.185 e. The molecule has 1 aliphatic rings. The first kappa shape index (κ1) is 7.48. The zero-order chi connectivity index (χ0) is 6.91. The van der Waals surface area contributed by atoms with Crippen molar-refractivity contribution >= 4 is 28.6 Å². The molecule has 0 N–H and O–H groups in total. The fraction of sp³-hybridized carbons (Fsp3) is 0.833. The minimum atomic E-state index is 0.240. The molecule has 1 fully saturated rings. The van der Waals surface area contributed by atoms with Crippen LogP contribution in [-0.4, -0.2) is 21.4 Å². The molecule has 0 aromatic rings. The predicted molar refractivity (Wildman–Crippen MR) is 44.0 cm³/mol. The number of carbonyl (C=O) groups is 1. The van der Waals surface area contributed by atoms with Crippen LogP contribution in [0.1, 0.15) is 13.8 Å².